The zero-order valence-corrected chi connectivity index (χ0v) is 16.1. The van der Waals surface area contributed by atoms with Crippen LogP contribution in [-0.4, -0.2) is 19.4 Å². The van der Waals surface area contributed by atoms with Crippen molar-refractivity contribution < 1.29 is 9.47 Å². The lowest BCUT2D eigenvalue weighted by molar-refractivity contribution is 0.304. The highest BCUT2D eigenvalue weighted by Gasteiger charge is 1.96. The van der Waals surface area contributed by atoms with Crippen molar-refractivity contribution in [3.63, 3.8) is 0 Å². The molecule has 0 fully saturated rings. The van der Waals surface area contributed by atoms with E-state index < -0.39 is 0 Å². The van der Waals surface area contributed by atoms with Crippen molar-refractivity contribution in [2.75, 3.05) is 13.2 Å². The number of unbranched alkanes of at least 4 members (excludes halogenated alkanes) is 4. The fraction of sp³-hybridized carbons (Fsp3) is 0.435. The summed E-state index contributed by atoms with van der Waals surface area (Å²) in [5, 5.41) is 0. The van der Waals surface area contributed by atoms with Gasteiger partial charge in [0.1, 0.15) is 11.5 Å². The van der Waals surface area contributed by atoms with Gasteiger partial charge in [-0.2, -0.15) is 0 Å². The van der Waals surface area contributed by atoms with Crippen LogP contribution in [-0.2, 0) is 0 Å². The monoisotopic (exact) mass is 353 g/mol. The quantitative estimate of drug-likeness (QED) is 0.319. The first-order chi connectivity index (χ1) is 12.8. The molecule has 0 saturated heterocycles. The van der Waals surface area contributed by atoms with Gasteiger partial charge in [0.25, 0.3) is 0 Å². The Morgan fingerprint density at radius 1 is 0.692 bits per heavy atom. The Labute approximate surface area is 158 Å². The zero-order chi connectivity index (χ0) is 18.5. The number of nitrogens with zero attached hydrogens (tertiary/aromatic N) is 1. The van der Waals surface area contributed by atoms with Gasteiger partial charge in [-0.1, -0.05) is 39.5 Å². The van der Waals surface area contributed by atoms with Crippen molar-refractivity contribution in [3.8, 4) is 11.5 Å². The Kier molecular flexibility index (Phi) is 9.34. The molecule has 2 rings (SSSR count). The molecular weight excluding hydrogens is 322 g/mol. The van der Waals surface area contributed by atoms with Crippen LogP contribution in [0.25, 0.3) is 0 Å². The van der Waals surface area contributed by atoms with Crippen LogP contribution in [0.1, 0.15) is 57.9 Å². The summed E-state index contributed by atoms with van der Waals surface area (Å²) >= 11 is 0. The van der Waals surface area contributed by atoms with Crippen LogP contribution in [0.2, 0.25) is 0 Å². The lowest BCUT2D eigenvalue weighted by atomic mass is 10.2. The first kappa shape index (κ1) is 20.0. The molecular formula is C23H31NO2. The molecule has 0 aliphatic heterocycles. The molecule has 0 aliphatic carbocycles. The summed E-state index contributed by atoms with van der Waals surface area (Å²) in [6.45, 7) is 5.88. The Morgan fingerprint density at radius 3 is 1.96 bits per heavy atom. The van der Waals surface area contributed by atoms with Crippen LogP contribution in [0.3, 0.4) is 0 Å². The molecule has 2 aromatic rings. The van der Waals surface area contributed by atoms with Gasteiger partial charge in [0, 0.05) is 6.21 Å². The maximum absolute atomic E-state index is 5.78. The summed E-state index contributed by atoms with van der Waals surface area (Å²) in [5.41, 5.74) is 1.98. The van der Waals surface area contributed by atoms with Gasteiger partial charge in [-0.15, -0.1) is 0 Å². The number of benzene rings is 2. The highest BCUT2D eigenvalue weighted by atomic mass is 16.5. The van der Waals surface area contributed by atoms with Gasteiger partial charge in [0.05, 0.1) is 18.9 Å². The van der Waals surface area contributed by atoms with Gasteiger partial charge in [-0.05, 0) is 66.9 Å². The molecule has 0 amide bonds. The Morgan fingerprint density at radius 2 is 1.31 bits per heavy atom. The Balaban J connectivity index is 1.76. The average molecular weight is 354 g/mol. The van der Waals surface area contributed by atoms with Crippen molar-refractivity contribution in [1.82, 2.24) is 0 Å². The number of hydrogen-bond donors (Lipinski definition) is 0. The van der Waals surface area contributed by atoms with Gasteiger partial charge in [0.2, 0.25) is 0 Å². The Hall–Kier alpha value is -2.29. The molecule has 3 heteroatoms. The van der Waals surface area contributed by atoms with Gasteiger partial charge in [0.15, 0.2) is 0 Å². The Bertz CT molecular complexity index is 632. The topological polar surface area (TPSA) is 30.8 Å². The minimum atomic E-state index is 0.751. The summed E-state index contributed by atoms with van der Waals surface area (Å²) in [4.78, 5) is 4.52. The van der Waals surface area contributed by atoms with Crippen LogP contribution in [0.15, 0.2) is 53.5 Å². The van der Waals surface area contributed by atoms with Gasteiger partial charge >= 0.3 is 0 Å². The predicted octanol–water partition coefficient (Wildman–Crippen LogP) is 6.58. The second-order valence-electron chi connectivity index (χ2n) is 6.43. The molecule has 0 atom stereocenters. The minimum absolute atomic E-state index is 0.751. The van der Waals surface area contributed by atoms with E-state index in [9.17, 15) is 0 Å². The SMILES string of the molecule is CCCCCCCOc1ccc(N=Cc2ccc(OCCC)cc2)cc1. The maximum atomic E-state index is 5.78. The highest BCUT2D eigenvalue weighted by molar-refractivity contribution is 5.82. The lowest BCUT2D eigenvalue weighted by Gasteiger charge is -2.06. The summed E-state index contributed by atoms with van der Waals surface area (Å²) in [7, 11) is 0. The van der Waals surface area contributed by atoms with Crippen LogP contribution in [0, 0.1) is 0 Å². The van der Waals surface area contributed by atoms with E-state index in [0.717, 1.165) is 48.8 Å². The molecule has 0 heterocycles. The van der Waals surface area contributed by atoms with E-state index in [1.165, 1.54) is 25.7 Å². The van der Waals surface area contributed by atoms with E-state index in [1.54, 1.807) is 0 Å². The third-order valence-corrected chi connectivity index (χ3v) is 4.07. The van der Waals surface area contributed by atoms with E-state index in [1.807, 2.05) is 54.7 Å². The standard InChI is InChI=1S/C23H31NO2/c1-3-5-6-7-8-18-26-23-15-11-21(12-16-23)24-19-20-9-13-22(14-10-20)25-17-4-2/h9-16,19H,3-8,17-18H2,1-2H3. The summed E-state index contributed by atoms with van der Waals surface area (Å²) in [6, 6.07) is 15.9. The van der Waals surface area contributed by atoms with Gasteiger partial charge in [-0.25, -0.2) is 0 Å². The molecule has 3 nitrogen and oxygen atoms in total. The molecule has 0 aliphatic rings. The second kappa shape index (κ2) is 12.1. The first-order valence-corrected chi connectivity index (χ1v) is 9.81. The molecule has 0 spiro atoms. The fourth-order valence-corrected chi connectivity index (χ4v) is 2.54. The van der Waals surface area contributed by atoms with E-state index in [-0.39, 0.29) is 0 Å². The van der Waals surface area contributed by atoms with Crippen molar-refractivity contribution in [1.29, 1.82) is 0 Å². The molecule has 0 saturated carbocycles. The fourth-order valence-electron chi connectivity index (χ4n) is 2.54. The molecule has 26 heavy (non-hydrogen) atoms. The van der Waals surface area contributed by atoms with E-state index in [4.69, 9.17) is 9.47 Å². The van der Waals surface area contributed by atoms with E-state index in [2.05, 4.69) is 18.8 Å². The normalized spacial score (nSPS) is 11.0. The highest BCUT2D eigenvalue weighted by Crippen LogP contribution is 2.19. The van der Waals surface area contributed by atoms with Crippen molar-refractivity contribution in [2.24, 2.45) is 4.99 Å². The molecule has 0 unspecified atom stereocenters. The molecule has 2 aromatic carbocycles. The molecule has 140 valence electrons. The molecule has 0 radical (unpaired) electrons. The van der Waals surface area contributed by atoms with Crippen LogP contribution in [0.4, 0.5) is 5.69 Å². The van der Waals surface area contributed by atoms with Crippen molar-refractivity contribution in [3.05, 3.63) is 54.1 Å². The zero-order valence-electron chi connectivity index (χ0n) is 16.1. The summed E-state index contributed by atoms with van der Waals surface area (Å²) < 4.78 is 11.4. The van der Waals surface area contributed by atoms with Crippen LogP contribution < -0.4 is 9.47 Å². The minimum Gasteiger partial charge on any atom is -0.494 e. The predicted molar refractivity (Wildman–Crippen MR) is 110 cm³/mol. The third-order valence-electron chi connectivity index (χ3n) is 4.07. The van der Waals surface area contributed by atoms with Gasteiger partial charge in [-0.3, -0.25) is 4.99 Å². The van der Waals surface area contributed by atoms with Crippen molar-refractivity contribution >= 4 is 11.9 Å². The number of ether oxygens (including phenoxy) is 2. The summed E-state index contributed by atoms with van der Waals surface area (Å²) in [5.74, 6) is 1.82. The number of aliphatic imine (C=N–C) groups is 1. The molecule has 0 aromatic heterocycles. The van der Waals surface area contributed by atoms with Gasteiger partial charge < -0.3 is 9.47 Å². The summed E-state index contributed by atoms with van der Waals surface area (Å²) in [6.07, 6.45) is 9.16. The second-order valence-corrected chi connectivity index (χ2v) is 6.43. The van der Waals surface area contributed by atoms with E-state index in [0.29, 0.717) is 0 Å². The molecule has 0 N–H and O–H groups in total. The molecule has 0 bridgehead atoms. The first-order valence-electron chi connectivity index (χ1n) is 9.81. The van der Waals surface area contributed by atoms with Crippen molar-refractivity contribution in [2.45, 2.75) is 52.4 Å². The number of hydrogen-bond acceptors (Lipinski definition) is 3. The van der Waals surface area contributed by atoms with Crippen LogP contribution in [0.5, 0.6) is 11.5 Å². The van der Waals surface area contributed by atoms with Crippen LogP contribution >= 0.6 is 0 Å². The average Bonchev–Trinajstić information content (AvgIpc) is 2.69. The maximum Gasteiger partial charge on any atom is 0.119 e. The third kappa shape index (κ3) is 7.73. The lowest BCUT2D eigenvalue weighted by Crippen LogP contribution is -1.96. The van der Waals surface area contributed by atoms with E-state index >= 15 is 0 Å². The largest absolute Gasteiger partial charge is 0.494 e. The smallest absolute Gasteiger partial charge is 0.119 e. The number of rotatable bonds is 12.